The number of halogens is 2. The second kappa shape index (κ2) is 7.57. The number of carbonyl (C=O) groups is 3. The summed E-state index contributed by atoms with van der Waals surface area (Å²) >= 11 is 9.49. The topological polar surface area (TPSA) is 85.3 Å². The molecule has 1 saturated heterocycles. The molecular formula is C20H18BrClN2O5. The zero-order chi connectivity index (χ0) is 20.9. The number of esters is 1. The van der Waals surface area contributed by atoms with Crippen LogP contribution in [0.5, 0.6) is 5.75 Å². The Labute approximate surface area is 180 Å². The molecule has 0 unspecified atom stereocenters. The molecule has 1 aromatic carbocycles. The Kier molecular flexibility index (Phi) is 5.25. The van der Waals surface area contributed by atoms with E-state index in [1.165, 1.54) is 13.3 Å². The summed E-state index contributed by atoms with van der Waals surface area (Å²) in [5, 5.41) is 5.50. The number of carbonyl (C=O) groups excluding carboxylic acids is 3. The van der Waals surface area contributed by atoms with Crippen molar-refractivity contribution in [1.82, 2.24) is 5.01 Å². The van der Waals surface area contributed by atoms with Crippen LogP contribution in [0.25, 0.3) is 0 Å². The number of benzene rings is 1. The molecule has 2 fully saturated rings. The van der Waals surface area contributed by atoms with Gasteiger partial charge >= 0.3 is 5.97 Å². The molecule has 1 heterocycles. The molecule has 0 aromatic heterocycles. The number of allylic oxidation sites excluding steroid dienone is 2. The lowest BCUT2D eigenvalue weighted by Crippen LogP contribution is -2.28. The maximum atomic E-state index is 12.8. The predicted molar refractivity (Wildman–Crippen MR) is 108 cm³/mol. The first-order valence-corrected chi connectivity index (χ1v) is 10.3. The van der Waals surface area contributed by atoms with Gasteiger partial charge in [0.25, 0.3) is 11.8 Å². The van der Waals surface area contributed by atoms with Crippen LogP contribution in [-0.4, -0.2) is 42.2 Å². The largest absolute Gasteiger partial charge is 0.477 e. The van der Waals surface area contributed by atoms with Gasteiger partial charge in [-0.05, 0) is 53.2 Å². The number of hydrazone groups is 1. The van der Waals surface area contributed by atoms with Gasteiger partial charge < -0.3 is 9.47 Å². The monoisotopic (exact) mass is 480 g/mol. The molecule has 0 spiro atoms. The lowest BCUT2D eigenvalue weighted by atomic mass is 9.85. The molecule has 1 saturated carbocycles. The third kappa shape index (κ3) is 3.38. The molecule has 7 nitrogen and oxygen atoms in total. The molecule has 5 atom stereocenters. The molecule has 9 heteroatoms. The van der Waals surface area contributed by atoms with Crippen molar-refractivity contribution < 1.29 is 23.9 Å². The second-order valence-corrected chi connectivity index (χ2v) is 8.61. The second-order valence-electron chi connectivity index (χ2n) is 7.32. The minimum atomic E-state index is -0.874. The summed E-state index contributed by atoms with van der Waals surface area (Å²) in [5.41, 5.74) is 0.416. The lowest BCUT2D eigenvalue weighted by molar-refractivity contribution is -0.148. The van der Waals surface area contributed by atoms with Crippen molar-refractivity contribution in [3.63, 3.8) is 0 Å². The molecule has 1 aromatic rings. The van der Waals surface area contributed by atoms with Gasteiger partial charge in [0.05, 0.1) is 29.6 Å². The van der Waals surface area contributed by atoms with Gasteiger partial charge in [-0.1, -0.05) is 23.8 Å². The Bertz CT molecular complexity index is 932. The fourth-order valence-corrected chi connectivity index (χ4v) is 5.24. The normalized spacial score (nSPS) is 28.3. The van der Waals surface area contributed by atoms with Crippen molar-refractivity contribution in [3.8, 4) is 5.75 Å². The summed E-state index contributed by atoms with van der Waals surface area (Å²) in [6.45, 7) is 1.55. The van der Waals surface area contributed by atoms with E-state index in [0.717, 1.165) is 11.4 Å². The number of ether oxygens (including phenoxy) is 2. The van der Waals surface area contributed by atoms with Gasteiger partial charge in [-0.15, -0.1) is 0 Å². The van der Waals surface area contributed by atoms with Gasteiger partial charge in [0, 0.05) is 10.6 Å². The number of hydrogen-bond acceptors (Lipinski definition) is 6. The summed E-state index contributed by atoms with van der Waals surface area (Å²) in [7, 11) is 1.27. The minimum absolute atomic E-state index is 0.113. The maximum Gasteiger partial charge on any atom is 0.346 e. The molecular weight excluding hydrogens is 464 g/mol. The fraction of sp³-hybridized carbons (Fsp3) is 0.400. The highest BCUT2D eigenvalue weighted by atomic mass is 79.9. The van der Waals surface area contributed by atoms with E-state index in [1.54, 1.807) is 19.1 Å². The number of nitrogens with zero attached hydrogens (tertiary/aromatic N) is 2. The van der Waals surface area contributed by atoms with Crippen LogP contribution >= 0.6 is 27.5 Å². The highest BCUT2D eigenvalue weighted by Crippen LogP contribution is 2.52. The van der Waals surface area contributed by atoms with Crippen molar-refractivity contribution in [1.29, 1.82) is 0 Å². The van der Waals surface area contributed by atoms with Crippen molar-refractivity contribution >= 4 is 51.5 Å². The molecule has 29 heavy (non-hydrogen) atoms. The van der Waals surface area contributed by atoms with Gasteiger partial charge in [-0.3, -0.25) is 9.59 Å². The zero-order valence-corrected chi connectivity index (χ0v) is 18.0. The Balaban J connectivity index is 1.61. The van der Waals surface area contributed by atoms with Crippen LogP contribution in [0.1, 0.15) is 18.9 Å². The summed E-state index contributed by atoms with van der Waals surface area (Å²) in [4.78, 5) is 37.2. The first-order valence-electron chi connectivity index (χ1n) is 9.15. The number of fused-ring (bicyclic) bond motifs is 5. The molecule has 0 radical (unpaired) electrons. The van der Waals surface area contributed by atoms with E-state index in [1.807, 2.05) is 12.2 Å². The number of methoxy groups -OCH3 is 1. The number of amides is 2. The molecule has 2 aliphatic carbocycles. The van der Waals surface area contributed by atoms with Gasteiger partial charge in [-0.2, -0.15) is 10.1 Å². The Morgan fingerprint density at radius 1 is 1.28 bits per heavy atom. The molecule has 4 rings (SSSR count). The van der Waals surface area contributed by atoms with Crippen molar-refractivity contribution in [2.75, 3.05) is 7.11 Å². The van der Waals surface area contributed by atoms with E-state index < -0.39 is 12.1 Å². The Morgan fingerprint density at radius 3 is 2.48 bits per heavy atom. The third-order valence-corrected chi connectivity index (χ3v) is 6.43. The predicted octanol–water partition coefficient (Wildman–Crippen LogP) is 3.18. The van der Waals surface area contributed by atoms with Crippen molar-refractivity contribution in [3.05, 3.63) is 39.3 Å². The lowest BCUT2D eigenvalue weighted by Gasteiger charge is -2.16. The quantitative estimate of drug-likeness (QED) is 0.279. The number of imide groups is 1. The summed E-state index contributed by atoms with van der Waals surface area (Å²) in [5.74, 6) is -1.22. The average molecular weight is 482 g/mol. The SMILES string of the molecule is COC(=O)[C@H](C)Oc1c(Br)cc(Cl)cc1C=NN1C(=O)[C@@H]2[C@H](C1=O)[C@H]1C=C[C@H]2C1. The zero-order valence-electron chi connectivity index (χ0n) is 15.7. The highest BCUT2D eigenvalue weighted by Gasteiger charge is 2.59. The Morgan fingerprint density at radius 2 is 1.90 bits per heavy atom. The van der Waals surface area contributed by atoms with E-state index in [0.29, 0.717) is 20.8 Å². The van der Waals surface area contributed by atoms with E-state index in [4.69, 9.17) is 16.3 Å². The summed E-state index contributed by atoms with van der Waals surface area (Å²) < 4.78 is 10.9. The van der Waals surface area contributed by atoms with Crippen LogP contribution in [0.2, 0.25) is 5.02 Å². The number of rotatable bonds is 5. The van der Waals surface area contributed by atoms with E-state index in [9.17, 15) is 14.4 Å². The van der Waals surface area contributed by atoms with Crippen LogP contribution in [0, 0.1) is 23.7 Å². The molecule has 2 bridgehead atoms. The van der Waals surface area contributed by atoms with Gasteiger partial charge in [0.15, 0.2) is 6.10 Å². The smallest absolute Gasteiger partial charge is 0.346 e. The molecule has 2 amide bonds. The third-order valence-electron chi connectivity index (χ3n) is 5.62. The highest BCUT2D eigenvalue weighted by molar-refractivity contribution is 9.10. The van der Waals surface area contributed by atoms with Crippen LogP contribution in [0.4, 0.5) is 0 Å². The molecule has 1 aliphatic heterocycles. The maximum absolute atomic E-state index is 12.8. The average Bonchev–Trinajstić information content (AvgIpc) is 3.36. The van der Waals surface area contributed by atoms with E-state index in [2.05, 4.69) is 25.8 Å². The van der Waals surface area contributed by atoms with E-state index >= 15 is 0 Å². The first-order chi connectivity index (χ1) is 13.8. The molecule has 3 aliphatic rings. The van der Waals surface area contributed by atoms with Crippen LogP contribution in [-0.2, 0) is 19.1 Å². The number of hydrogen-bond donors (Lipinski definition) is 0. The van der Waals surface area contributed by atoms with Crippen molar-refractivity contribution in [2.24, 2.45) is 28.8 Å². The molecule has 152 valence electrons. The van der Waals surface area contributed by atoms with Crippen molar-refractivity contribution in [2.45, 2.75) is 19.4 Å². The van der Waals surface area contributed by atoms with Gasteiger partial charge in [0.1, 0.15) is 5.75 Å². The van der Waals surface area contributed by atoms with E-state index in [-0.39, 0.29) is 35.5 Å². The molecule has 0 N–H and O–H groups in total. The van der Waals surface area contributed by atoms with Gasteiger partial charge in [-0.25, -0.2) is 4.79 Å². The van der Waals surface area contributed by atoms with Gasteiger partial charge in [0.2, 0.25) is 0 Å². The fourth-order valence-electron chi connectivity index (χ4n) is 4.31. The summed E-state index contributed by atoms with van der Waals surface area (Å²) in [6.07, 6.45) is 5.38. The Hall–Kier alpha value is -2.19. The first kappa shape index (κ1) is 20.1. The van der Waals surface area contributed by atoms with Crippen LogP contribution < -0.4 is 4.74 Å². The van der Waals surface area contributed by atoms with Crippen LogP contribution in [0.3, 0.4) is 0 Å². The minimum Gasteiger partial charge on any atom is -0.477 e. The standard InChI is InChI=1S/C20H18BrClN2O5/c1-9(20(27)28-2)29-17-12(6-13(22)7-14(17)21)8-23-24-18(25)15-10-3-4-11(5-10)16(15)19(24)26/h3-4,6-11,15-16H,5H2,1-2H3/t9-,10-,11-,15-,16+/m0/s1. The van der Waals surface area contributed by atoms with Crippen LogP contribution in [0.15, 0.2) is 33.9 Å². The summed E-state index contributed by atoms with van der Waals surface area (Å²) in [6, 6.07) is 3.18.